The molecule has 1 N–H and O–H groups in total. The number of anilines is 1. The van der Waals surface area contributed by atoms with Gasteiger partial charge in [0.2, 0.25) is 15.9 Å². The SMILES string of the molecule is CC(C(=O)NC1CCCCCCC1)N(c1cc(Cl)ccc1Cl)S(C)(=O)=O. The summed E-state index contributed by atoms with van der Waals surface area (Å²) in [7, 11) is -3.73. The van der Waals surface area contributed by atoms with Gasteiger partial charge in [0.25, 0.3) is 0 Å². The van der Waals surface area contributed by atoms with E-state index in [2.05, 4.69) is 5.32 Å². The molecule has 0 heterocycles. The van der Waals surface area contributed by atoms with Crippen LogP contribution in [0.4, 0.5) is 5.69 Å². The molecule has 1 aliphatic rings. The van der Waals surface area contributed by atoms with Crippen molar-refractivity contribution in [3.63, 3.8) is 0 Å². The van der Waals surface area contributed by atoms with Gasteiger partial charge in [0, 0.05) is 11.1 Å². The summed E-state index contributed by atoms with van der Waals surface area (Å²) in [4.78, 5) is 12.8. The van der Waals surface area contributed by atoms with E-state index < -0.39 is 16.1 Å². The molecule has 0 aliphatic heterocycles. The topological polar surface area (TPSA) is 66.5 Å². The first kappa shape index (κ1) is 21.3. The van der Waals surface area contributed by atoms with E-state index >= 15 is 0 Å². The molecule has 1 saturated carbocycles. The molecule has 1 aromatic carbocycles. The van der Waals surface area contributed by atoms with Crippen LogP contribution < -0.4 is 9.62 Å². The number of hydrogen-bond acceptors (Lipinski definition) is 3. The van der Waals surface area contributed by atoms with Crippen molar-refractivity contribution in [1.29, 1.82) is 0 Å². The summed E-state index contributed by atoms with van der Waals surface area (Å²) in [6.45, 7) is 1.57. The molecule has 1 unspecified atom stereocenters. The highest BCUT2D eigenvalue weighted by molar-refractivity contribution is 7.92. The van der Waals surface area contributed by atoms with Gasteiger partial charge in [-0.05, 0) is 38.0 Å². The van der Waals surface area contributed by atoms with Crippen molar-refractivity contribution >= 4 is 44.8 Å². The van der Waals surface area contributed by atoms with Crippen LogP contribution in [0, 0.1) is 0 Å². The maximum atomic E-state index is 12.8. The highest BCUT2D eigenvalue weighted by Crippen LogP contribution is 2.32. The summed E-state index contributed by atoms with van der Waals surface area (Å²) in [6, 6.07) is 3.72. The number of carbonyl (C=O) groups is 1. The Morgan fingerprint density at radius 3 is 2.31 bits per heavy atom. The number of hydrogen-bond donors (Lipinski definition) is 1. The fourth-order valence-corrected chi connectivity index (χ4v) is 4.96. The zero-order valence-corrected chi connectivity index (χ0v) is 17.5. The first-order valence-electron chi connectivity index (χ1n) is 8.95. The van der Waals surface area contributed by atoms with Gasteiger partial charge in [0.15, 0.2) is 0 Å². The normalized spacial score (nSPS) is 17.8. The Labute approximate surface area is 166 Å². The Bertz CT molecular complexity index is 732. The second-order valence-corrected chi connectivity index (χ2v) is 9.58. The van der Waals surface area contributed by atoms with Gasteiger partial charge in [0.1, 0.15) is 6.04 Å². The van der Waals surface area contributed by atoms with E-state index in [9.17, 15) is 13.2 Å². The number of nitrogens with one attached hydrogen (secondary N) is 1. The largest absolute Gasteiger partial charge is 0.352 e. The fourth-order valence-electron chi connectivity index (χ4n) is 3.36. The summed E-state index contributed by atoms with van der Waals surface area (Å²) in [5.74, 6) is -0.322. The van der Waals surface area contributed by atoms with E-state index in [1.165, 1.54) is 31.4 Å². The summed E-state index contributed by atoms with van der Waals surface area (Å²) in [5, 5.41) is 3.60. The molecule has 1 aliphatic carbocycles. The summed E-state index contributed by atoms with van der Waals surface area (Å²) in [5.41, 5.74) is 0.210. The van der Waals surface area contributed by atoms with Crippen LogP contribution in [0.1, 0.15) is 51.9 Å². The van der Waals surface area contributed by atoms with Crippen LogP contribution >= 0.6 is 23.2 Å². The molecule has 1 atom stereocenters. The van der Waals surface area contributed by atoms with Crippen LogP contribution in [-0.4, -0.2) is 32.7 Å². The molecule has 8 heteroatoms. The lowest BCUT2D eigenvalue weighted by molar-refractivity contribution is -0.122. The van der Waals surface area contributed by atoms with Gasteiger partial charge in [-0.1, -0.05) is 55.3 Å². The molecule has 0 radical (unpaired) electrons. The van der Waals surface area contributed by atoms with Crippen molar-refractivity contribution in [1.82, 2.24) is 5.32 Å². The van der Waals surface area contributed by atoms with E-state index in [0.29, 0.717) is 5.02 Å². The first-order valence-corrected chi connectivity index (χ1v) is 11.6. The first-order chi connectivity index (χ1) is 12.2. The molecule has 0 aromatic heterocycles. The van der Waals surface area contributed by atoms with Crippen LogP contribution in [0.15, 0.2) is 18.2 Å². The highest BCUT2D eigenvalue weighted by Gasteiger charge is 2.31. The van der Waals surface area contributed by atoms with Crippen molar-refractivity contribution in [2.75, 3.05) is 10.6 Å². The molecule has 1 fully saturated rings. The number of sulfonamides is 1. The quantitative estimate of drug-likeness (QED) is 0.768. The zero-order chi connectivity index (χ0) is 19.3. The second kappa shape index (κ2) is 9.29. The molecule has 0 saturated heterocycles. The molecule has 2 rings (SSSR count). The Morgan fingerprint density at radius 2 is 1.73 bits per heavy atom. The van der Waals surface area contributed by atoms with Crippen molar-refractivity contribution in [2.24, 2.45) is 0 Å². The maximum Gasteiger partial charge on any atom is 0.243 e. The molecule has 146 valence electrons. The van der Waals surface area contributed by atoms with Gasteiger partial charge in [-0.3, -0.25) is 9.10 Å². The molecule has 1 aromatic rings. The van der Waals surface area contributed by atoms with Crippen molar-refractivity contribution in [3.8, 4) is 0 Å². The summed E-state index contributed by atoms with van der Waals surface area (Å²) >= 11 is 12.2. The lowest BCUT2D eigenvalue weighted by Gasteiger charge is -2.31. The van der Waals surface area contributed by atoms with Crippen LogP contribution in [0.2, 0.25) is 10.0 Å². The van der Waals surface area contributed by atoms with Gasteiger partial charge in [0.05, 0.1) is 17.0 Å². The lowest BCUT2D eigenvalue weighted by Crippen LogP contribution is -2.50. The smallest absolute Gasteiger partial charge is 0.243 e. The van der Waals surface area contributed by atoms with Crippen molar-refractivity contribution in [2.45, 2.75) is 64.0 Å². The van der Waals surface area contributed by atoms with E-state index in [1.54, 1.807) is 13.0 Å². The fraction of sp³-hybridized carbons (Fsp3) is 0.611. The average Bonchev–Trinajstić information content (AvgIpc) is 2.52. The highest BCUT2D eigenvalue weighted by atomic mass is 35.5. The van der Waals surface area contributed by atoms with Crippen molar-refractivity contribution in [3.05, 3.63) is 28.2 Å². The van der Waals surface area contributed by atoms with E-state index in [1.807, 2.05) is 0 Å². The monoisotopic (exact) mass is 420 g/mol. The van der Waals surface area contributed by atoms with E-state index in [-0.39, 0.29) is 22.7 Å². The maximum absolute atomic E-state index is 12.8. The molecular formula is C18H26Cl2N2O3S. The average molecular weight is 421 g/mol. The van der Waals surface area contributed by atoms with Crippen LogP contribution in [-0.2, 0) is 14.8 Å². The number of rotatable bonds is 5. The van der Waals surface area contributed by atoms with E-state index in [4.69, 9.17) is 23.2 Å². The Kier molecular flexibility index (Phi) is 7.62. The molecule has 0 bridgehead atoms. The molecule has 5 nitrogen and oxygen atoms in total. The minimum atomic E-state index is -3.73. The van der Waals surface area contributed by atoms with Crippen LogP contribution in [0.5, 0.6) is 0 Å². The minimum Gasteiger partial charge on any atom is -0.352 e. The van der Waals surface area contributed by atoms with E-state index in [0.717, 1.165) is 36.2 Å². The van der Waals surface area contributed by atoms with Gasteiger partial charge < -0.3 is 5.32 Å². The second-order valence-electron chi connectivity index (χ2n) is 6.88. The molecule has 0 spiro atoms. The predicted molar refractivity (Wildman–Crippen MR) is 107 cm³/mol. The number of halogens is 2. The van der Waals surface area contributed by atoms with Gasteiger partial charge in [-0.25, -0.2) is 8.42 Å². The standard InChI is InChI=1S/C18H26Cl2N2O3S/c1-13(18(23)21-15-8-6-4-3-5-7-9-15)22(26(2,24)25)17-12-14(19)10-11-16(17)20/h10-13,15H,3-9H2,1-2H3,(H,21,23). The Morgan fingerprint density at radius 1 is 1.15 bits per heavy atom. The summed E-state index contributed by atoms with van der Waals surface area (Å²) in [6.07, 6.45) is 8.66. The molecular weight excluding hydrogens is 395 g/mol. The van der Waals surface area contributed by atoms with Gasteiger partial charge >= 0.3 is 0 Å². The Balaban J connectivity index is 2.22. The zero-order valence-electron chi connectivity index (χ0n) is 15.2. The Hall–Kier alpha value is -0.980. The van der Waals surface area contributed by atoms with Gasteiger partial charge in [-0.2, -0.15) is 0 Å². The molecule has 26 heavy (non-hydrogen) atoms. The number of benzene rings is 1. The van der Waals surface area contributed by atoms with Crippen molar-refractivity contribution < 1.29 is 13.2 Å². The number of carbonyl (C=O) groups excluding carboxylic acids is 1. The van der Waals surface area contributed by atoms with Crippen LogP contribution in [0.3, 0.4) is 0 Å². The predicted octanol–water partition coefficient (Wildman–Crippen LogP) is 4.38. The minimum absolute atomic E-state index is 0.0847. The third-order valence-electron chi connectivity index (χ3n) is 4.69. The third-order valence-corrected chi connectivity index (χ3v) is 6.47. The molecule has 1 amide bonds. The van der Waals surface area contributed by atoms with Crippen LogP contribution in [0.25, 0.3) is 0 Å². The number of amides is 1. The summed E-state index contributed by atoms with van der Waals surface area (Å²) < 4.78 is 25.8. The van der Waals surface area contributed by atoms with Gasteiger partial charge in [-0.15, -0.1) is 0 Å². The number of nitrogens with zero attached hydrogens (tertiary/aromatic N) is 1. The third kappa shape index (κ3) is 5.76. The lowest BCUT2D eigenvalue weighted by atomic mass is 9.96.